The van der Waals surface area contributed by atoms with Crippen LogP contribution in [0.15, 0.2) is 128 Å². The molecule has 0 aliphatic rings. The number of para-hydroxylation sites is 1. The normalized spacial score (nSPS) is 11.8. The highest BCUT2D eigenvalue weighted by Gasteiger charge is 2.19. The Hall–Kier alpha value is -4.95. The molecule has 5 aromatic carbocycles. The van der Waals surface area contributed by atoms with Crippen molar-refractivity contribution < 1.29 is 0 Å². The average molecular weight is 485 g/mol. The molecular formula is C36H24N2. The molecule has 0 N–H and O–H groups in total. The molecule has 0 unspecified atom stereocenters. The first-order chi connectivity index (χ1) is 18.8. The second-order valence-electron chi connectivity index (χ2n) is 10.1. The molecule has 0 aliphatic heterocycles. The van der Waals surface area contributed by atoms with E-state index < -0.39 is 0 Å². The number of nitrogens with zero attached hydrogens (tertiary/aromatic N) is 2. The Morgan fingerprint density at radius 3 is 1.89 bits per heavy atom. The van der Waals surface area contributed by atoms with E-state index in [4.69, 9.17) is 4.98 Å². The molecule has 8 rings (SSSR count). The summed E-state index contributed by atoms with van der Waals surface area (Å²) >= 11 is 0. The van der Waals surface area contributed by atoms with Crippen molar-refractivity contribution in [2.24, 2.45) is 0 Å². The fourth-order valence-corrected chi connectivity index (χ4v) is 6.09. The largest absolute Gasteiger partial charge is 0.308 e. The lowest BCUT2D eigenvalue weighted by Crippen LogP contribution is -1.90. The number of rotatable bonds is 3. The van der Waals surface area contributed by atoms with E-state index in [-0.39, 0.29) is 0 Å². The average Bonchev–Trinajstić information content (AvgIpc) is 3.49. The molecule has 0 radical (unpaired) electrons. The van der Waals surface area contributed by atoms with Crippen LogP contribution in [0.5, 0.6) is 0 Å². The molecule has 0 amide bonds. The summed E-state index contributed by atoms with van der Waals surface area (Å²) in [5, 5.41) is 5.14. The molecule has 0 bridgehead atoms. The second kappa shape index (κ2) is 8.03. The van der Waals surface area contributed by atoms with Gasteiger partial charge in [-0.05, 0) is 65.6 Å². The van der Waals surface area contributed by atoms with Crippen molar-refractivity contribution in [1.29, 1.82) is 0 Å². The van der Waals surface area contributed by atoms with Crippen molar-refractivity contribution in [1.82, 2.24) is 9.38 Å². The molecule has 3 heterocycles. The summed E-state index contributed by atoms with van der Waals surface area (Å²) in [6, 6.07) is 43.7. The summed E-state index contributed by atoms with van der Waals surface area (Å²) in [7, 11) is 0. The fourth-order valence-electron chi connectivity index (χ4n) is 6.09. The maximum absolute atomic E-state index is 4.91. The summed E-state index contributed by atoms with van der Waals surface area (Å²) in [6.45, 7) is 2.17. The van der Waals surface area contributed by atoms with E-state index in [0.717, 1.165) is 11.3 Å². The second-order valence-corrected chi connectivity index (χ2v) is 10.1. The first-order valence-electron chi connectivity index (χ1n) is 13.1. The first-order valence-corrected chi connectivity index (χ1v) is 13.1. The highest BCUT2D eigenvalue weighted by Crippen LogP contribution is 2.42. The van der Waals surface area contributed by atoms with Gasteiger partial charge in [0.1, 0.15) is 0 Å². The number of aryl methyl sites for hydroxylation is 1. The van der Waals surface area contributed by atoms with Crippen LogP contribution < -0.4 is 0 Å². The number of pyridine rings is 1. The molecule has 2 heteroatoms. The van der Waals surface area contributed by atoms with Gasteiger partial charge in [0.25, 0.3) is 0 Å². The molecule has 0 fully saturated rings. The zero-order valence-corrected chi connectivity index (χ0v) is 21.0. The van der Waals surface area contributed by atoms with E-state index in [1.54, 1.807) is 0 Å². The molecule has 3 aromatic heterocycles. The van der Waals surface area contributed by atoms with Gasteiger partial charge in [-0.3, -0.25) is 4.98 Å². The van der Waals surface area contributed by atoms with Crippen LogP contribution in [0.25, 0.3) is 71.6 Å². The summed E-state index contributed by atoms with van der Waals surface area (Å²) in [5.41, 5.74) is 12.0. The topological polar surface area (TPSA) is 17.3 Å². The minimum atomic E-state index is 1.00. The van der Waals surface area contributed by atoms with E-state index in [9.17, 15) is 0 Å². The van der Waals surface area contributed by atoms with Crippen LogP contribution in [0, 0.1) is 6.92 Å². The van der Waals surface area contributed by atoms with Gasteiger partial charge >= 0.3 is 0 Å². The molecule has 0 aliphatic carbocycles. The molecule has 8 aromatic rings. The zero-order chi connectivity index (χ0) is 25.2. The van der Waals surface area contributed by atoms with Gasteiger partial charge in [0.05, 0.1) is 22.2 Å². The van der Waals surface area contributed by atoms with Crippen molar-refractivity contribution in [2.75, 3.05) is 0 Å². The summed E-state index contributed by atoms with van der Waals surface area (Å²) in [6.07, 6.45) is 2.01. The van der Waals surface area contributed by atoms with Crippen molar-refractivity contribution in [3.63, 3.8) is 0 Å². The summed E-state index contributed by atoms with van der Waals surface area (Å²) in [4.78, 5) is 4.91. The minimum absolute atomic E-state index is 1.00. The van der Waals surface area contributed by atoms with Crippen molar-refractivity contribution in [3.8, 4) is 33.5 Å². The molecule has 0 atom stereocenters. The lowest BCUT2D eigenvalue weighted by molar-refractivity contribution is 1.29. The Morgan fingerprint density at radius 2 is 1.13 bits per heavy atom. The summed E-state index contributed by atoms with van der Waals surface area (Å²) in [5.74, 6) is 0. The van der Waals surface area contributed by atoms with Gasteiger partial charge in [0.2, 0.25) is 0 Å². The number of benzene rings is 5. The van der Waals surface area contributed by atoms with Gasteiger partial charge in [-0.25, -0.2) is 0 Å². The van der Waals surface area contributed by atoms with Crippen LogP contribution in [0.2, 0.25) is 0 Å². The SMILES string of the molecule is Cc1cc(-c2ccc3c(c2)c2cc(-c4ccccc4)cc4c5ccccc5n3c42)ncc1-c1ccccc1. The molecule has 0 saturated carbocycles. The quantitative estimate of drug-likeness (QED) is 0.244. The van der Waals surface area contributed by atoms with Gasteiger partial charge < -0.3 is 4.40 Å². The number of hydrogen-bond acceptors (Lipinski definition) is 1. The van der Waals surface area contributed by atoms with Crippen molar-refractivity contribution >= 4 is 38.1 Å². The molecule has 2 nitrogen and oxygen atoms in total. The van der Waals surface area contributed by atoms with Gasteiger partial charge in [-0.15, -0.1) is 0 Å². The van der Waals surface area contributed by atoms with E-state index in [1.165, 1.54) is 65.9 Å². The van der Waals surface area contributed by atoms with Crippen molar-refractivity contribution in [2.45, 2.75) is 6.92 Å². The molecular weight excluding hydrogens is 460 g/mol. The Labute approximate surface area is 220 Å². The fraction of sp³-hybridized carbons (Fsp3) is 0.0278. The van der Waals surface area contributed by atoms with Crippen LogP contribution >= 0.6 is 0 Å². The molecule has 0 spiro atoms. The van der Waals surface area contributed by atoms with E-state index in [0.29, 0.717) is 0 Å². The van der Waals surface area contributed by atoms with E-state index in [2.05, 4.69) is 127 Å². The van der Waals surface area contributed by atoms with Crippen molar-refractivity contribution in [3.05, 3.63) is 133 Å². The standard InChI is InChI=1S/C36H24N2/c1-23-18-33(37-22-32(23)25-12-6-3-7-13-25)26-16-17-35-29(19-26)31-21-27(24-10-4-2-5-11-24)20-30-28-14-8-9-15-34(28)38(35)36(30)31/h2-22H,1H3. The Kier molecular flexibility index (Phi) is 4.47. The van der Waals surface area contributed by atoms with Crippen LogP contribution in [-0.4, -0.2) is 9.38 Å². The number of hydrogen-bond donors (Lipinski definition) is 0. The molecule has 178 valence electrons. The predicted molar refractivity (Wildman–Crippen MR) is 160 cm³/mol. The Morgan fingerprint density at radius 1 is 0.500 bits per heavy atom. The van der Waals surface area contributed by atoms with Gasteiger partial charge in [-0.2, -0.15) is 0 Å². The highest BCUT2D eigenvalue weighted by atomic mass is 14.9. The predicted octanol–water partition coefficient (Wildman–Crippen LogP) is 9.54. The number of fused-ring (bicyclic) bond motifs is 6. The monoisotopic (exact) mass is 484 g/mol. The van der Waals surface area contributed by atoms with Crippen LogP contribution in [0.3, 0.4) is 0 Å². The third-order valence-electron chi connectivity index (χ3n) is 7.89. The Bertz CT molecular complexity index is 2120. The maximum Gasteiger partial charge on any atom is 0.0705 e. The lowest BCUT2D eigenvalue weighted by atomic mass is 9.98. The highest BCUT2D eigenvalue weighted by molar-refractivity contribution is 6.24. The van der Waals surface area contributed by atoms with Gasteiger partial charge in [0, 0.05) is 38.9 Å². The maximum atomic E-state index is 4.91. The van der Waals surface area contributed by atoms with E-state index >= 15 is 0 Å². The number of aromatic nitrogens is 2. The van der Waals surface area contributed by atoms with Crippen LogP contribution in [0.1, 0.15) is 5.56 Å². The Balaban J connectivity index is 1.39. The van der Waals surface area contributed by atoms with Crippen LogP contribution in [-0.2, 0) is 0 Å². The summed E-state index contributed by atoms with van der Waals surface area (Å²) < 4.78 is 2.44. The van der Waals surface area contributed by atoms with Gasteiger partial charge in [-0.1, -0.05) is 84.9 Å². The minimum Gasteiger partial charge on any atom is -0.308 e. The van der Waals surface area contributed by atoms with E-state index in [1.807, 2.05) is 12.3 Å². The van der Waals surface area contributed by atoms with Crippen LogP contribution in [0.4, 0.5) is 0 Å². The first kappa shape index (κ1) is 21.2. The molecule has 0 saturated heterocycles. The van der Waals surface area contributed by atoms with Gasteiger partial charge in [0.15, 0.2) is 0 Å². The molecule has 38 heavy (non-hydrogen) atoms. The zero-order valence-electron chi connectivity index (χ0n) is 21.0. The lowest BCUT2D eigenvalue weighted by Gasteiger charge is -2.09. The third-order valence-corrected chi connectivity index (χ3v) is 7.89. The smallest absolute Gasteiger partial charge is 0.0705 e. The third kappa shape index (κ3) is 3.04.